The maximum absolute atomic E-state index is 9.95. The van der Waals surface area contributed by atoms with Crippen LogP contribution in [0.2, 0.25) is 0 Å². The van der Waals surface area contributed by atoms with E-state index in [4.69, 9.17) is 0 Å². The van der Waals surface area contributed by atoms with Gasteiger partial charge in [-0.15, -0.1) is 10.2 Å². The summed E-state index contributed by atoms with van der Waals surface area (Å²) in [7, 11) is 0. The Kier molecular flexibility index (Phi) is 13.1. The van der Waals surface area contributed by atoms with Gasteiger partial charge in [0.15, 0.2) is 0 Å². The van der Waals surface area contributed by atoms with E-state index in [1.807, 2.05) is 30.3 Å². The number of allylic oxidation sites excluding steroid dienone is 1. The first kappa shape index (κ1) is 24.5. The first-order chi connectivity index (χ1) is 14.8. The molecule has 2 N–H and O–H groups in total. The minimum atomic E-state index is -0.151. The third-order valence-electron chi connectivity index (χ3n) is 5.22. The quantitative estimate of drug-likeness (QED) is 0.203. The maximum Gasteiger partial charge on any atom is 0.210 e. The number of aromatic nitrogens is 2. The lowest BCUT2D eigenvalue weighted by atomic mass is 10.1. The number of aliphatic hydroxyl groups is 1. The number of nitrogens with one attached hydrogen (secondary N) is 1. The summed E-state index contributed by atoms with van der Waals surface area (Å²) in [5.41, 5.74) is 1.05. The molecule has 0 aliphatic heterocycles. The smallest absolute Gasteiger partial charge is 0.210 e. The highest BCUT2D eigenvalue weighted by Crippen LogP contribution is 2.22. The van der Waals surface area contributed by atoms with Crippen LogP contribution in [-0.2, 0) is 6.42 Å². The number of benzene rings is 1. The summed E-state index contributed by atoms with van der Waals surface area (Å²) in [6.07, 6.45) is 19.4. The molecule has 0 aliphatic carbocycles. The molecule has 2 aromatic rings. The van der Waals surface area contributed by atoms with Crippen LogP contribution in [-0.4, -0.2) is 21.4 Å². The SMILES string of the molecule is CCCCCCC(O)C/C=C\CCCCCCCc1nnc(Nc2ccccc2)s1. The van der Waals surface area contributed by atoms with Crippen LogP contribution in [0.25, 0.3) is 0 Å². The zero-order chi connectivity index (χ0) is 21.3. The summed E-state index contributed by atoms with van der Waals surface area (Å²) in [4.78, 5) is 0. The summed E-state index contributed by atoms with van der Waals surface area (Å²) in [6.45, 7) is 2.22. The second-order valence-electron chi connectivity index (χ2n) is 8.01. The summed E-state index contributed by atoms with van der Waals surface area (Å²) >= 11 is 1.65. The van der Waals surface area contributed by atoms with Gasteiger partial charge in [-0.25, -0.2) is 0 Å². The molecule has 0 spiro atoms. The van der Waals surface area contributed by atoms with Crippen LogP contribution < -0.4 is 5.32 Å². The van der Waals surface area contributed by atoms with Gasteiger partial charge >= 0.3 is 0 Å². The molecule has 2 rings (SSSR count). The van der Waals surface area contributed by atoms with Crippen LogP contribution in [0.3, 0.4) is 0 Å². The molecular weight excluding hydrogens is 390 g/mol. The molecule has 1 aromatic heterocycles. The van der Waals surface area contributed by atoms with Crippen molar-refractivity contribution in [3.8, 4) is 0 Å². The van der Waals surface area contributed by atoms with Gasteiger partial charge in [0.25, 0.3) is 0 Å². The standard InChI is InChI=1S/C25H39N3OS/c1-2-3-4-14-19-23(29)20-15-9-7-5-6-8-10-16-21-24-27-28-25(30-24)26-22-17-12-11-13-18-22/h9,11-13,15,17-18,23,29H,2-8,10,14,16,19-21H2,1H3,(H,26,28)/b15-9-. The average Bonchev–Trinajstić information content (AvgIpc) is 3.20. The Bertz CT molecular complexity index is 687. The summed E-state index contributed by atoms with van der Waals surface area (Å²) in [5.74, 6) is 0. The van der Waals surface area contributed by atoms with Crippen molar-refractivity contribution in [2.24, 2.45) is 0 Å². The molecule has 0 saturated heterocycles. The van der Waals surface area contributed by atoms with Gasteiger partial charge in [-0.2, -0.15) is 0 Å². The molecule has 0 saturated carbocycles. The van der Waals surface area contributed by atoms with Gasteiger partial charge in [-0.3, -0.25) is 0 Å². The molecule has 4 nitrogen and oxygen atoms in total. The molecule has 166 valence electrons. The van der Waals surface area contributed by atoms with E-state index in [0.29, 0.717) is 0 Å². The highest BCUT2D eigenvalue weighted by Gasteiger charge is 2.04. The molecule has 1 unspecified atom stereocenters. The molecule has 1 atom stereocenters. The van der Waals surface area contributed by atoms with Crippen LogP contribution in [0.4, 0.5) is 10.8 Å². The fraction of sp³-hybridized carbons (Fsp3) is 0.600. The number of para-hydroxylation sites is 1. The van der Waals surface area contributed by atoms with E-state index in [9.17, 15) is 5.11 Å². The number of aliphatic hydroxyl groups excluding tert-OH is 1. The Morgan fingerprint density at radius 2 is 1.70 bits per heavy atom. The van der Waals surface area contributed by atoms with Crippen LogP contribution in [0, 0.1) is 0 Å². The highest BCUT2D eigenvalue weighted by molar-refractivity contribution is 7.15. The van der Waals surface area contributed by atoms with E-state index in [-0.39, 0.29) is 6.10 Å². The number of hydrogen-bond donors (Lipinski definition) is 2. The number of anilines is 2. The lowest BCUT2D eigenvalue weighted by molar-refractivity contribution is 0.163. The number of unbranched alkanes of at least 4 members (excludes halogenated alkanes) is 8. The van der Waals surface area contributed by atoms with Crippen molar-refractivity contribution in [3.63, 3.8) is 0 Å². The predicted molar refractivity (Wildman–Crippen MR) is 130 cm³/mol. The van der Waals surface area contributed by atoms with E-state index < -0.39 is 0 Å². The molecule has 0 radical (unpaired) electrons. The third-order valence-corrected chi connectivity index (χ3v) is 6.12. The Hall–Kier alpha value is -1.72. The molecule has 0 amide bonds. The molecule has 5 heteroatoms. The highest BCUT2D eigenvalue weighted by atomic mass is 32.1. The molecule has 0 aliphatic rings. The van der Waals surface area contributed by atoms with Crippen LogP contribution in [0.15, 0.2) is 42.5 Å². The van der Waals surface area contributed by atoms with Gasteiger partial charge in [0.1, 0.15) is 5.01 Å². The van der Waals surface area contributed by atoms with Gasteiger partial charge < -0.3 is 10.4 Å². The lowest BCUT2D eigenvalue weighted by Crippen LogP contribution is -2.04. The van der Waals surface area contributed by atoms with E-state index in [1.54, 1.807) is 11.3 Å². The van der Waals surface area contributed by atoms with Gasteiger partial charge in [0.2, 0.25) is 5.13 Å². The number of nitrogens with zero attached hydrogens (tertiary/aromatic N) is 2. The topological polar surface area (TPSA) is 58.0 Å². The first-order valence-corrected chi connectivity index (χ1v) is 12.6. The first-order valence-electron chi connectivity index (χ1n) is 11.8. The number of rotatable bonds is 17. The van der Waals surface area contributed by atoms with E-state index in [2.05, 4.69) is 34.6 Å². The monoisotopic (exact) mass is 429 g/mol. The number of hydrogen-bond acceptors (Lipinski definition) is 5. The fourth-order valence-electron chi connectivity index (χ4n) is 3.41. The van der Waals surface area contributed by atoms with Crippen molar-refractivity contribution >= 4 is 22.2 Å². The minimum Gasteiger partial charge on any atom is -0.393 e. The Labute approximate surface area is 186 Å². The van der Waals surface area contributed by atoms with Crippen LogP contribution in [0.1, 0.15) is 89.0 Å². The Balaban J connectivity index is 1.43. The van der Waals surface area contributed by atoms with Gasteiger partial charge in [0.05, 0.1) is 6.10 Å². The minimum absolute atomic E-state index is 0.151. The fourth-order valence-corrected chi connectivity index (χ4v) is 4.22. The van der Waals surface area contributed by atoms with E-state index in [0.717, 1.165) is 47.9 Å². The summed E-state index contributed by atoms with van der Waals surface area (Å²) in [6, 6.07) is 10.1. The molecule has 1 aromatic carbocycles. The summed E-state index contributed by atoms with van der Waals surface area (Å²) < 4.78 is 0. The van der Waals surface area contributed by atoms with Crippen molar-refractivity contribution < 1.29 is 5.11 Å². The Morgan fingerprint density at radius 1 is 0.933 bits per heavy atom. The molecule has 1 heterocycles. The van der Waals surface area contributed by atoms with Crippen molar-refractivity contribution in [1.29, 1.82) is 0 Å². The van der Waals surface area contributed by atoms with Gasteiger partial charge in [-0.1, -0.05) is 93.6 Å². The van der Waals surface area contributed by atoms with Crippen molar-refractivity contribution in [3.05, 3.63) is 47.5 Å². The predicted octanol–water partition coefficient (Wildman–Crippen LogP) is 7.44. The molecule has 0 fully saturated rings. The molecule has 0 bridgehead atoms. The second kappa shape index (κ2) is 16.0. The third kappa shape index (κ3) is 11.5. The second-order valence-corrected chi connectivity index (χ2v) is 9.07. The largest absolute Gasteiger partial charge is 0.393 e. The summed E-state index contributed by atoms with van der Waals surface area (Å²) in [5, 5.41) is 23.8. The maximum atomic E-state index is 9.95. The number of aryl methyl sites for hydroxylation is 1. The van der Waals surface area contributed by atoms with Crippen molar-refractivity contribution in [2.45, 2.75) is 96.5 Å². The molecular formula is C25H39N3OS. The molecule has 30 heavy (non-hydrogen) atoms. The van der Waals surface area contributed by atoms with Crippen LogP contribution in [0.5, 0.6) is 0 Å². The van der Waals surface area contributed by atoms with Gasteiger partial charge in [0, 0.05) is 12.1 Å². The van der Waals surface area contributed by atoms with E-state index >= 15 is 0 Å². The van der Waals surface area contributed by atoms with Crippen molar-refractivity contribution in [1.82, 2.24) is 10.2 Å². The normalized spacial score (nSPS) is 12.5. The lowest BCUT2D eigenvalue weighted by Gasteiger charge is -2.07. The zero-order valence-corrected chi connectivity index (χ0v) is 19.4. The zero-order valence-electron chi connectivity index (χ0n) is 18.6. The van der Waals surface area contributed by atoms with E-state index in [1.165, 1.54) is 51.4 Å². The van der Waals surface area contributed by atoms with Crippen molar-refractivity contribution in [2.75, 3.05) is 5.32 Å². The van der Waals surface area contributed by atoms with Gasteiger partial charge in [-0.05, 0) is 44.2 Å². The average molecular weight is 430 g/mol. The Morgan fingerprint density at radius 3 is 2.53 bits per heavy atom. The van der Waals surface area contributed by atoms with Crippen LogP contribution >= 0.6 is 11.3 Å².